The van der Waals surface area contributed by atoms with Gasteiger partial charge in [-0.05, 0) is 12.8 Å². The molecule has 1 heterocycles. The first-order valence-electron chi connectivity index (χ1n) is 4.75. The van der Waals surface area contributed by atoms with Crippen LogP contribution in [0, 0.1) is 0 Å². The molecule has 3 heteroatoms. The van der Waals surface area contributed by atoms with Crippen LogP contribution >= 0.6 is 0 Å². The lowest BCUT2D eigenvalue weighted by Crippen LogP contribution is -2.50. The highest BCUT2D eigenvalue weighted by molar-refractivity contribution is 4.79. The van der Waals surface area contributed by atoms with Crippen LogP contribution < -0.4 is 5.32 Å². The van der Waals surface area contributed by atoms with Crippen LogP contribution in [0.1, 0.15) is 26.7 Å². The summed E-state index contributed by atoms with van der Waals surface area (Å²) in [6.45, 7) is 6.33. The molecular weight excluding hydrogens is 154 g/mol. The molecule has 2 N–H and O–H groups in total. The van der Waals surface area contributed by atoms with Crippen molar-refractivity contribution in [3.05, 3.63) is 0 Å². The van der Waals surface area contributed by atoms with Gasteiger partial charge in [0.2, 0.25) is 0 Å². The third-order valence-electron chi connectivity index (χ3n) is 2.65. The van der Waals surface area contributed by atoms with E-state index in [1.165, 1.54) is 0 Å². The quantitative estimate of drug-likeness (QED) is 0.637. The fourth-order valence-electron chi connectivity index (χ4n) is 1.11. The Balaban J connectivity index is 2.17. The summed E-state index contributed by atoms with van der Waals surface area (Å²) in [7, 11) is 0. The molecule has 0 aromatic heterocycles. The van der Waals surface area contributed by atoms with E-state index in [0.29, 0.717) is 12.7 Å². The standard InChI is InChI=1S/C9H19NO2/c1-3-9(11,4-2)7-12-8-5-10-6-8/h8,10-11H,3-7H2,1-2H3. The van der Waals surface area contributed by atoms with Crippen molar-refractivity contribution in [3.8, 4) is 0 Å². The minimum Gasteiger partial charge on any atom is -0.388 e. The van der Waals surface area contributed by atoms with E-state index in [2.05, 4.69) is 5.32 Å². The van der Waals surface area contributed by atoms with E-state index in [1.807, 2.05) is 13.8 Å². The normalized spacial score (nSPS) is 19.2. The van der Waals surface area contributed by atoms with Gasteiger partial charge in [-0.2, -0.15) is 0 Å². The molecule has 1 aliphatic rings. The van der Waals surface area contributed by atoms with Gasteiger partial charge in [0, 0.05) is 13.1 Å². The van der Waals surface area contributed by atoms with Gasteiger partial charge in [-0.3, -0.25) is 0 Å². The van der Waals surface area contributed by atoms with Crippen molar-refractivity contribution in [2.75, 3.05) is 19.7 Å². The lowest BCUT2D eigenvalue weighted by Gasteiger charge is -2.32. The van der Waals surface area contributed by atoms with E-state index in [-0.39, 0.29) is 0 Å². The van der Waals surface area contributed by atoms with Crippen LogP contribution in [0.5, 0.6) is 0 Å². The van der Waals surface area contributed by atoms with E-state index < -0.39 is 5.60 Å². The maximum atomic E-state index is 9.85. The van der Waals surface area contributed by atoms with Crippen molar-refractivity contribution in [2.24, 2.45) is 0 Å². The Hall–Kier alpha value is -0.120. The number of rotatable bonds is 5. The summed E-state index contributed by atoms with van der Waals surface area (Å²) >= 11 is 0. The van der Waals surface area contributed by atoms with E-state index >= 15 is 0 Å². The highest BCUT2D eigenvalue weighted by atomic mass is 16.5. The van der Waals surface area contributed by atoms with Gasteiger partial charge >= 0.3 is 0 Å². The van der Waals surface area contributed by atoms with Crippen LogP contribution in [0.4, 0.5) is 0 Å². The van der Waals surface area contributed by atoms with Crippen LogP contribution in [0.25, 0.3) is 0 Å². The Morgan fingerprint density at radius 3 is 2.33 bits per heavy atom. The summed E-state index contributed by atoms with van der Waals surface area (Å²) in [5, 5.41) is 13.0. The van der Waals surface area contributed by atoms with Gasteiger partial charge in [0.05, 0.1) is 18.3 Å². The second-order valence-electron chi connectivity index (χ2n) is 3.52. The van der Waals surface area contributed by atoms with Gasteiger partial charge in [0.15, 0.2) is 0 Å². The molecule has 0 amide bonds. The lowest BCUT2D eigenvalue weighted by atomic mass is 9.99. The highest BCUT2D eigenvalue weighted by Gasteiger charge is 2.26. The third-order valence-corrected chi connectivity index (χ3v) is 2.65. The molecule has 0 aromatic carbocycles. The predicted molar refractivity (Wildman–Crippen MR) is 48.1 cm³/mol. The first-order valence-corrected chi connectivity index (χ1v) is 4.75. The van der Waals surface area contributed by atoms with Gasteiger partial charge in [0.25, 0.3) is 0 Å². The van der Waals surface area contributed by atoms with Gasteiger partial charge in [-0.15, -0.1) is 0 Å². The molecule has 3 nitrogen and oxygen atoms in total. The van der Waals surface area contributed by atoms with Crippen molar-refractivity contribution in [1.29, 1.82) is 0 Å². The number of hydrogen-bond donors (Lipinski definition) is 2. The molecule has 12 heavy (non-hydrogen) atoms. The molecular formula is C9H19NO2. The zero-order valence-corrected chi connectivity index (χ0v) is 7.97. The number of ether oxygens (including phenoxy) is 1. The number of hydrogen-bond acceptors (Lipinski definition) is 3. The fourth-order valence-corrected chi connectivity index (χ4v) is 1.11. The van der Waals surface area contributed by atoms with Crippen LogP contribution in [-0.2, 0) is 4.74 Å². The summed E-state index contributed by atoms with van der Waals surface area (Å²) in [5.41, 5.74) is -0.602. The van der Waals surface area contributed by atoms with Crippen LogP contribution in [-0.4, -0.2) is 36.5 Å². The van der Waals surface area contributed by atoms with Crippen molar-refractivity contribution < 1.29 is 9.84 Å². The predicted octanol–water partition coefficient (Wildman–Crippen LogP) is 0.526. The lowest BCUT2D eigenvalue weighted by molar-refractivity contribution is -0.0879. The SMILES string of the molecule is CCC(O)(CC)COC1CNC1. The maximum absolute atomic E-state index is 9.85. The Morgan fingerprint density at radius 2 is 2.00 bits per heavy atom. The molecule has 1 fully saturated rings. The van der Waals surface area contributed by atoms with E-state index in [1.54, 1.807) is 0 Å². The molecule has 1 saturated heterocycles. The van der Waals surface area contributed by atoms with Crippen molar-refractivity contribution in [1.82, 2.24) is 5.32 Å². The number of nitrogens with one attached hydrogen (secondary N) is 1. The van der Waals surface area contributed by atoms with Gasteiger partial charge in [0.1, 0.15) is 0 Å². The Bertz CT molecular complexity index is 130. The van der Waals surface area contributed by atoms with Crippen LogP contribution in [0.15, 0.2) is 0 Å². The zero-order valence-electron chi connectivity index (χ0n) is 7.97. The molecule has 1 rings (SSSR count). The number of aliphatic hydroxyl groups is 1. The fraction of sp³-hybridized carbons (Fsp3) is 1.00. The first kappa shape index (κ1) is 9.96. The molecule has 0 saturated carbocycles. The molecule has 72 valence electrons. The minimum absolute atomic E-state index is 0.328. The summed E-state index contributed by atoms with van der Waals surface area (Å²) in [6, 6.07) is 0. The topological polar surface area (TPSA) is 41.5 Å². The van der Waals surface area contributed by atoms with Crippen molar-refractivity contribution in [2.45, 2.75) is 38.4 Å². The summed E-state index contributed by atoms with van der Waals surface area (Å²) in [5.74, 6) is 0. The van der Waals surface area contributed by atoms with E-state index in [0.717, 1.165) is 25.9 Å². The highest BCUT2D eigenvalue weighted by Crippen LogP contribution is 2.16. The molecule has 0 aliphatic carbocycles. The molecule has 0 aromatic rings. The average Bonchev–Trinajstić information content (AvgIpc) is 2.01. The van der Waals surface area contributed by atoms with E-state index in [4.69, 9.17) is 4.74 Å². The average molecular weight is 173 g/mol. The Morgan fingerprint density at radius 1 is 1.42 bits per heavy atom. The van der Waals surface area contributed by atoms with Crippen molar-refractivity contribution >= 4 is 0 Å². The smallest absolute Gasteiger partial charge is 0.0875 e. The molecule has 0 bridgehead atoms. The summed E-state index contributed by atoms with van der Waals surface area (Å²) in [4.78, 5) is 0. The van der Waals surface area contributed by atoms with Crippen LogP contribution in [0.3, 0.4) is 0 Å². The zero-order chi connectivity index (χ0) is 9.03. The maximum Gasteiger partial charge on any atom is 0.0875 e. The van der Waals surface area contributed by atoms with Crippen molar-refractivity contribution in [3.63, 3.8) is 0 Å². The van der Waals surface area contributed by atoms with Gasteiger partial charge < -0.3 is 15.2 Å². The Labute approximate surface area is 74.1 Å². The summed E-state index contributed by atoms with van der Waals surface area (Å²) in [6.07, 6.45) is 1.86. The van der Waals surface area contributed by atoms with E-state index in [9.17, 15) is 5.11 Å². The second-order valence-corrected chi connectivity index (χ2v) is 3.52. The monoisotopic (exact) mass is 173 g/mol. The minimum atomic E-state index is -0.602. The molecule has 0 radical (unpaired) electrons. The van der Waals surface area contributed by atoms with Gasteiger partial charge in [-0.1, -0.05) is 13.8 Å². The second kappa shape index (κ2) is 4.21. The first-order chi connectivity index (χ1) is 5.70. The third kappa shape index (κ3) is 2.44. The molecule has 1 aliphatic heterocycles. The largest absolute Gasteiger partial charge is 0.388 e. The summed E-state index contributed by atoms with van der Waals surface area (Å²) < 4.78 is 5.51. The van der Waals surface area contributed by atoms with Crippen LogP contribution in [0.2, 0.25) is 0 Å². The molecule has 0 unspecified atom stereocenters. The molecule has 0 atom stereocenters. The Kier molecular flexibility index (Phi) is 3.50. The molecule has 0 spiro atoms. The van der Waals surface area contributed by atoms with Gasteiger partial charge in [-0.25, -0.2) is 0 Å².